The summed E-state index contributed by atoms with van der Waals surface area (Å²) in [6.45, 7) is 7.96. The first kappa shape index (κ1) is 44.9. The first-order chi connectivity index (χ1) is 25.0. The van der Waals surface area contributed by atoms with Gasteiger partial charge < -0.3 is 31.9 Å². The molecule has 0 bridgehead atoms. The molecule has 0 aliphatic heterocycles. The van der Waals surface area contributed by atoms with Crippen LogP contribution in [0.25, 0.3) is 11.1 Å². The fraction of sp³-hybridized carbons (Fsp3) is 0.359. The summed E-state index contributed by atoms with van der Waals surface area (Å²) < 4.78 is 156. The van der Waals surface area contributed by atoms with Gasteiger partial charge in [-0.1, -0.05) is 52.0 Å². The first-order valence-corrected chi connectivity index (χ1v) is 16.7. The van der Waals surface area contributed by atoms with E-state index >= 15 is 0 Å². The maximum atomic E-state index is 14.9. The number of methoxy groups -OCH3 is 1. The Morgan fingerprint density at radius 3 is 1.76 bits per heavy atom. The molecule has 0 radical (unpaired) electrons. The lowest BCUT2D eigenvalue weighted by Crippen LogP contribution is -3.00. The quantitative estimate of drug-likeness (QED) is 0.0944. The van der Waals surface area contributed by atoms with Gasteiger partial charge in [0.15, 0.2) is 6.10 Å². The van der Waals surface area contributed by atoms with E-state index in [0.717, 1.165) is 24.3 Å². The zero-order valence-electron chi connectivity index (χ0n) is 30.3. The number of halogens is 11. The normalized spacial score (nSPS) is 13.3. The summed E-state index contributed by atoms with van der Waals surface area (Å²) in [4.78, 5) is 13.2. The number of hydrogen-bond acceptors (Lipinski definition) is 4. The second-order valence-electron chi connectivity index (χ2n) is 13.3. The smallest absolute Gasteiger partial charge is 0.514 e. The van der Waals surface area contributed by atoms with Crippen molar-refractivity contribution in [2.75, 3.05) is 7.11 Å². The van der Waals surface area contributed by atoms with Crippen LogP contribution in [0, 0.1) is 5.82 Å². The largest absolute Gasteiger partial charge is 1.00 e. The lowest BCUT2D eigenvalue weighted by molar-refractivity contribution is -0.708. The minimum absolute atomic E-state index is 0. The van der Waals surface area contributed by atoms with E-state index in [4.69, 9.17) is 14.2 Å². The molecule has 2 N–H and O–H groups in total. The molecule has 0 saturated carbocycles. The topological polar surface area (TPSA) is 61.4 Å². The third-order valence-electron chi connectivity index (χ3n) is 8.75. The molecule has 4 aromatic rings. The maximum absolute atomic E-state index is 14.9. The van der Waals surface area contributed by atoms with Gasteiger partial charge in [0.25, 0.3) is 0 Å². The molecule has 0 fully saturated rings. The molecule has 4 rings (SSSR count). The molecule has 55 heavy (non-hydrogen) atoms. The van der Waals surface area contributed by atoms with E-state index in [2.05, 4.69) is 0 Å². The van der Waals surface area contributed by atoms with Gasteiger partial charge in [0, 0.05) is 17.2 Å². The van der Waals surface area contributed by atoms with Crippen molar-refractivity contribution in [3.63, 3.8) is 0 Å². The summed E-state index contributed by atoms with van der Waals surface area (Å²) in [5, 5.41) is 1.30. The predicted molar refractivity (Wildman–Crippen MR) is 179 cm³/mol. The third-order valence-corrected chi connectivity index (χ3v) is 8.75. The molecule has 0 aromatic heterocycles. The second kappa shape index (κ2) is 17.5. The van der Waals surface area contributed by atoms with Crippen LogP contribution in [-0.2, 0) is 29.8 Å². The molecular formula is C39H38ClF10NO4. The van der Waals surface area contributed by atoms with E-state index in [1.54, 1.807) is 39.8 Å². The average Bonchev–Trinajstić information content (AvgIpc) is 3.08. The third kappa shape index (κ3) is 11.1. The highest BCUT2D eigenvalue weighted by Gasteiger charge is 2.40. The van der Waals surface area contributed by atoms with Crippen LogP contribution >= 0.6 is 0 Å². The molecule has 5 nitrogen and oxygen atoms in total. The molecule has 0 aliphatic carbocycles. The van der Waals surface area contributed by atoms with Crippen molar-refractivity contribution in [1.82, 2.24) is 0 Å². The van der Waals surface area contributed by atoms with Crippen LogP contribution in [0.5, 0.6) is 11.5 Å². The fourth-order valence-corrected chi connectivity index (χ4v) is 5.92. The van der Waals surface area contributed by atoms with Crippen molar-refractivity contribution in [2.24, 2.45) is 0 Å². The van der Waals surface area contributed by atoms with Crippen LogP contribution in [0.2, 0.25) is 0 Å². The van der Waals surface area contributed by atoms with E-state index in [1.807, 2.05) is 0 Å². The van der Waals surface area contributed by atoms with E-state index < -0.39 is 64.9 Å². The summed E-state index contributed by atoms with van der Waals surface area (Å²) in [5.41, 5.74) is -3.87. The van der Waals surface area contributed by atoms with E-state index in [9.17, 15) is 48.7 Å². The number of nitrogens with two attached hydrogens (primary N) is 1. The summed E-state index contributed by atoms with van der Waals surface area (Å²) >= 11 is 0. The Bertz CT molecular complexity index is 1930. The predicted octanol–water partition coefficient (Wildman–Crippen LogP) is 8.22. The molecule has 0 heterocycles. The van der Waals surface area contributed by atoms with Gasteiger partial charge >= 0.3 is 24.7 Å². The molecule has 0 saturated heterocycles. The maximum Gasteiger partial charge on any atom is 0.514 e. The van der Waals surface area contributed by atoms with Crippen LogP contribution in [0.3, 0.4) is 0 Å². The number of rotatable bonds is 11. The molecule has 0 aliphatic rings. The Morgan fingerprint density at radius 2 is 1.24 bits per heavy atom. The van der Waals surface area contributed by atoms with Crippen LogP contribution in [0.15, 0.2) is 72.8 Å². The van der Waals surface area contributed by atoms with Gasteiger partial charge in [0.2, 0.25) is 0 Å². The van der Waals surface area contributed by atoms with E-state index in [-0.39, 0.29) is 70.6 Å². The summed E-state index contributed by atoms with van der Waals surface area (Å²) in [6, 6.07) is 11.1. The Morgan fingerprint density at radius 1 is 0.673 bits per heavy atom. The van der Waals surface area contributed by atoms with Gasteiger partial charge in [-0.25, -0.2) is 9.18 Å². The van der Waals surface area contributed by atoms with Gasteiger partial charge in [0.05, 0.1) is 23.8 Å². The minimum Gasteiger partial charge on any atom is -1.00 e. The fourth-order valence-electron chi connectivity index (χ4n) is 5.92. The monoisotopic (exact) mass is 809 g/mol. The second-order valence-corrected chi connectivity index (χ2v) is 13.3. The van der Waals surface area contributed by atoms with Crippen LogP contribution in [-0.4, -0.2) is 19.3 Å². The highest BCUT2D eigenvalue weighted by atomic mass is 35.5. The van der Waals surface area contributed by atoms with Gasteiger partial charge in [-0.15, -0.1) is 0 Å². The summed E-state index contributed by atoms with van der Waals surface area (Å²) in [5.74, 6) is -1.07. The zero-order valence-corrected chi connectivity index (χ0v) is 31.1. The van der Waals surface area contributed by atoms with Crippen molar-refractivity contribution in [2.45, 2.75) is 83.7 Å². The number of alkyl halides is 9. The molecule has 300 valence electrons. The molecule has 0 spiro atoms. The first-order valence-electron chi connectivity index (χ1n) is 16.7. The number of benzene rings is 4. The van der Waals surface area contributed by atoms with Crippen molar-refractivity contribution in [3.8, 4) is 22.6 Å². The van der Waals surface area contributed by atoms with Gasteiger partial charge in [-0.3, -0.25) is 0 Å². The van der Waals surface area contributed by atoms with Crippen molar-refractivity contribution >= 4 is 6.16 Å². The summed E-state index contributed by atoms with van der Waals surface area (Å²) in [7, 11) is 1.25. The molecular weight excluding hydrogens is 772 g/mol. The molecule has 16 heteroatoms. The number of carbonyl (C=O) groups excluding carboxylic acids is 1. The van der Waals surface area contributed by atoms with Crippen molar-refractivity contribution < 1.29 is 80.6 Å². The lowest BCUT2D eigenvalue weighted by Gasteiger charge is -2.25. The lowest BCUT2D eigenvalue weighted by atomic mass is 9.92. The Labute approximate surface area is 317 Å². The molecule has 0 amide bonds. The number of ether oxygens (including phenoxy) is 3. The van der Waals surface area contributed by atoms with Crippen LogP contribution in [0.1, 0.15) is 91.5 Å². The van der Waals surface area contributed by atoms with Gasteiger partial charge in [-0.2, -0.15) is 39.5 Å². The minimum atomic E-state index is -5.24. The number of para-hydroxylation sites is 1. The van der Waals surface area contributed by atoms with Crippen LogP contribution in [0.4, 0.5) is 48.7 Å². The number of carbonyl (C=O) groups is 1. The van der Waals surface area contributed by atoms with Gasteiger partial charge in [0.1, 0.15) is 29.9 Å². The number of quaternary nitrogens is 1. The van der Waals surface area contributed by atoms with E-state index in [0.29, 0.717) is 17.7 Å². The standard InChI is InChI=1S/C39H37F10NO4.ClH/c1-20(2)28-9-7-8-10-33(28)53-36(51)54-35(23-13-26(38(44,45)46)16-27(14-23)39(47,48)49)22(5)50-19-24-15-25(37(41,42)43)11-12-29(24)31-17-30(21(3)4)32(40)18-34(31)52-6;/h7-18,20-22,35,50H,19H2,1-6H3;1H/t22-,35-;/m0./s1. The zero-order chi connectivity index (χ0) is 40.3. The SMILES string of the molecule is COc1cc(F)c(C(C)C)cc1-c1ccc(C(F)(F)F)cc1C[NH2+][C@@H](C)[C@H](OC(=O)Oc1ccccc1C(C)C)c1cc(C(F)(F)F)cc(C(F)(F)F)c1.[Cl-]. The van der Waals surface area contributed by atoms with Crippen molar-refractivity contribution in [3.05, 3.63) is 118 Å². The van der Waals surface area contributed by atoms with Crippen LogP contribution < -0.4 is 27.2 Å². The highest BCUT2D eigenvalue weighted by Crippen LogP contribution is 2.41. The highest BCUT2D eigenvalue weighted by molar-refractivity contribution is 5.75. The molecule has 4 aromatic carbocycles. The average molecular weight is 810 g/mol. The molecule has 0 unspecified atom stereocenters. The van der Waals surface area contributed by atoms with Crippen molar-refractivity contribution in [1.29, 1.82) is 0 Å². The number of hydrogen-bond donors (Lipinski definition) is 1. The Balaban J connectivity index is 0.00000812. The Kier molecular flexibility index (Phi) is 14.3. The summed E-state index contributed by atoms with van der Waals surface area (Å²) in [6.07, 6.45) is -18.6. The van der Waals surface area contributed by atoms with Gasteiger partial charge in [-0.05, 0) is 83.5 Å². The van der Waals surface area contributed by atoms with E-state index in [1.165, 1.54) is 37.5 Å². The molecule has 2 atom stereocenters. The Hall–Kier alpha value is -4.50.